The Morgan fingerprint density at radius 2 is 1.86 bits per heavy atom. The molecule has 0 aliphatic carbocycles. The normalized spacial score (nSPS) is 15.3. The molecule has 1 atom stereocenters. The van der Waals surface area contributed by atoms with Crippen LogP contribution in [0.15, 0.2) is 94.5 Å². The van der Waals surface area contributed by atoms with Gasteiger partial charge >= 0.3 is 5.97 Å². The van der Waals surface area contributed by atoms with E-state index in [1.165, 1.54) is 11.3 Å². The van der Waals surface area contributed by atoms with Crippen molar-refractivity contribution in [2.45, 2.75) is 13.0 Å². The maximum atomic E-state index is 13.8. The molecule has 0 fully saturated rings. The molecule has 2 aromatic heterocycles. The second kappa shape index (κ2) is 10.1. The summed E-state index contributed by atoms with van der Waals surface area (Å²) in [6, 6.07) is 19.8. The minimum absolute atomic E-state index is 0.196. The average molecular weight is 498 g/mol. The number of pyridine rings is 1. The molecule has 0 N–H and O–H groups in total. The first-order valence-corrected chi connectivity index (χ1v) is 12.2. The summed E-state index contributed by atoms with van der Waals surface area (Å²) in [5.41, 5.74) is 2.88. The lowest BCUT2D eigenvalue weighted by Crippen LogP contribution is -2.40. The number of thiazole rings is 1. The van der Waals surface area contributed by atoms with Crippen molar-refractivity contribution in [3.05, 3.63) is 121 Å². The van der Waals surface area contributed by atoms with Crippen LogP contribution in [-0.2, 0) is 9.53 Å². The van der Waals surface area contributed by atoms with Gasteiger partial charge in [0.25, 0.3) is 5.56 Å². The lowest BCUT2D eigenvalue weighted by atomic mass is 9.93. The summed E-state index contributed by atoms with van der Waals surface area (Å²) >= 11 is 1.28. The van der Waals surface area contributed by atoms with Crippen LogP contribution in [0.3, 0.4) is 0 Å². The predicted octanol–water partition coefficient (Wildman–Crippen LogP) is 3.34. The van der Waals surface area contributed by atoms with Crippen molar-refractivity contribution in [1.29, 1.82) is 0 Å². The summed E-state index contributed by atoms with van der Waals surface area (Å²) in [6.45, 7) is 1.95. The maximum Gasteiger partial charge on any atom is 0.338 e. The Morgan fingerprint density at radius 1 is 1.08 bits per heavy atom. The third kappa shape index (κ3) is 4.38. The van der Waals surface area contributed by atoms with Gasteiger partial charge in [-0.25, -0.2) is 9.79 Å². The van der Waals surface area contributed by atoms with E-state index >= 15 is 0 Å². The molecule has 0 amide bonds. The minimum atomic E-state index is -0.745. The Hall–Kier alpha value is -4.30. The van der Waals surface area contributed by atoms with Crippen LogP contribution in [0.4, 0.5) is 0 Å². The van der Waals surface area contributed by atoms with Gasteiger partial charge < -0.3 is 9.47 Å². The Balaban J connectivity index is 1.85. The number of carbonyl (C=O) groups excluding carboxylic acids is 1. The van der Waals surface area contributed by atoms with Gasteiger partial charge in [0.05, 0.1) is 35.6 Å². The van der Waals surface area contributed by atoms with Crippen LogP contribution in [0.2, 0.25) is 0 Å². The van der Waals surface area contributed by atoms with Gasteiger partial charge in [-0.1, -0.05) is 53.8 Å². The topological polar surface area (TPSA) is 82.8 Å². The van der Waals surface area contributed by atoms with Gasteiger partial charge in [-0.05, 0) is 48.4 Å². The smallest absolute Gasteiger partial charge is 0.338 e. The van der Waals surface area contributed by atoms with Crippen molar-refractivity contribution < 1.29 is 14.3 Å². The van der Waals surface area contributed by atoms with Gasteiger partial charge in [0.1, 0.15) is 5.75 Å². The van der Waals surface area contributed by atoms with Crippen molar-refractivity contribution in [3.63, 3.8) is 0 Å². The summed E-state index contributed by atoms with van der Waals surface area (Å²) < 4.78 is 13.0. The van der Waals surface area contributed by atoms with Gasteiger partial charge in [0.2, 0.25) is 0 Å². The quantitative estimate of drug-likeness (QED) is 0.382. The number of nitrogens with zero attached hydrogens (tertiary/aromatic N) is 3. The van der Waals surface area contributed by atoms with Gasteiger partial charge in [0.15, 0.2) is 4.80 Å². The summed E-state index contributed by atoms with van der Waals surface area (Å²) in [5, 5.41) is 0. The fraction of sp³-hybridized carbons (Fsp3) is 0.143. The number of hydrogen-bond acceptors (Lipinski definition) is 7. The highest BCUT2D eigenvalue weighted by molar-refractivity contribution is 7.07. The summed E-state index contributed by atoms with van der Waals surface area (Å²) in [4.78, 5) is 36.6. The fourth-order valence-corrected chi connectivity index (χ4v) is 5.18. The molecular weight excluding hydrogens is 474 g/mol. The second-order valence-corrected chi connectivity index (χ2v) is 9.00. The highest BCUT2D eigenvalue weighted by Gasteiger charge is 2.35. The Kier molecular flexibility index (Phi) is 6.60. The van der Waals surface area contributed by atoms with Crippen LogP contribution < -0.4 is 19.6 Å². The van der Waals surface area contributed by atoms with Crippen LogP contribution in [0.5, 0.6) is 5.75 Å². The van der Waals surface area contributed by atoms with E-state index in [4.69, 9.17) is 14.5 Å². The molecule has 180 valence electrons. The molecule has 0 unspecified atom stereocenters. The molecular formula is C28H23N3O4S. The van der Waals surface area contributed by atoms with Crippen LogP contribution in [0, 0.1) is 0 Å². The van der Waals surface area contributed by atoms with Gasteiger partial charge in [0, 0.05) is 18.0 Å². The highest BCUT2D eigenvalue weighted by Crippen LogP contribution is 2.36. The van der Waals surface area contributed by atoms with Crippen LogP contribution in [-0.4, -0.2) is 29.2 Å². The van der Waals surface area contributed by atoms with E-state index in [2.05, 4.69) is 4.98 Å². The first kappa shape index (κ1) is 23.4. The fourth-order valence-electron chi connectivity index (χ4n) is 4.18. The van der Waals surface area contributed by atoms with Gasteiger partial charge in [-0.3, -0.25) is 14.3 Å². The number of hydrogen-bond donors (Lipinski definition) is 0. The average Bonchev–Trinajstić information content (AvgIpc) is 3.23. The highest BCUT2D eigenvalue weighted by atomic mass is 32.1. The molecule has 0 spiro atoms. The molecule has 0 saturated heterocycles. The number of fused-ring (bicyclic) bond motifs is 1. The largest absolute Gasteiger partial charge is 0.497 e. The van der Waals surface area contributed by atoms with Crippen LogP contribution in [0.1, 0.15) is 29.7 Å². The zero-order chi connectivity index (χ0) is 25.1. The molecule has 4 aromatic rings. The van der Waals surface area contributed by atoms with Crippen LogP contribution >= 0.6 is 11.3 Å². The van der Waals surface area contributed by atoms with E-state index in [1.54, 1.807) is 31.0 Å². The van der Waals surface area contributed by atoms with E-state index in [1.807, 2.05) is 72.8 Å². The van der Waals surface area contributed by atoms with E-state index in [0.717, 1.165) is 16.7 Å². The van der Waals surface area contributed by atoms with Crippen molar-refractivity contribution in [1.82, 2.24) is 9.55 Å². The maximum absolute atomic E-state index is 13.8. The molecule has 0 radical (unpaired) electrons. The first-order chi connectivity index (χ1) is 17.6. The van der Waals surface area contributed by atoms with Gasteiger partial charge in [-0.15, -0.1) is 0 Å². The third-order valence-electron chi connectivity index (χ3n) is 5.79. The molecule has 5 rings (SSSR count). The molecule has 1 aliphatic rings. The third-order valence-corrected chi connectivity index (χ3v) is 6.77. The summed E-state index contributed by atoms with van der Waals surface area (Å²) in [7, 11) is 1.58. The number of benzene rings is 2. The number of esters is 1. The number of rotatable bonds is 6. The zero-order valence-corrected chi connectivity index (χ0v) is 20.6. The minimum Gasteiger partial charge on any atom is -0.497 e. The lowest BCUT2D eigenvalue weighted by molar-refractivity contribution is -0.138. The van der Waals surface area contributed by atoms with Crippen molar-refractivity contribution in [2.24, 2.45) is 4.99 Å². The molecule has 1 aliphatic heterocycles. The molecule has 0 bridgehead atoms. The number of aromatic nitrogens is 2. The molecule has 0 saturated carbocycles. The van der Waals surface area contributed by atoms with E-state index < -0.39 is 12.0 Å². The van der Waals surface area contributed by atoms with E-state index in [0.29, 0.717) is 26.4 Å². The van der Waals surface area contributed by atoms with Gasteiger partial charge in [-0.2, -0.15) is 0 Å². The number of methoxy groups -OCH3 is 1. The first-order valence-electron chi connectivity index (χ1n) is 11.4. The van der Waals surface area contributed by atoms with Crippen molar-refractivity contribution in [3.8, 4) is 5.75 Å². The lowest BCUT2D eigenvalue weighted by Gasteiger charge is -2.26. The second-order valence-electron chi connectivity index (χ2n) is 7.99. The molecule has 2 aromatic carbocycles. The molecule has 36 heavy (non-hydrogen) atoms. The van der Waals surface area contributed by atoms with Crippen molar-refractivity contribution >= 4 is 29.1 Å². The Morgan fingerprint density at radius 3 is 2.58 bits per heavy atom. The standard InChI is InChI=1S/C28H23N3O4S/c1-3-35-27(33)23-24(19-8-5-4-6-9-19)30-28-31(25(23)20-10-7-11-21(17-20)34-2)26(32)22(36-28)16-18-12-14-29-15-13-18/h4-17,25H,3H2,1-2H3/b22-16-/t25-/m0/s1. The summed E-state index contributed by atoms with van der Waals surface area (Å²) in [5.74, 6) is 0.101. The molecule has 8 heteroatoms. The number of carbonyl (C=O) groups is 1. The van der Waals surface area contributed by atoms with Crippen LogP contribution in [0.25, 0.3) is 11.8 Å². The molecule has 3 heterocycles. The Labute approximate surface area is 211 Å². The molecule has 7 nitrogen and oxygen atoms in total. The van der Waals surface area contributed by atoms with Crippen molar-refractivity contribution in [2.75, 3.05) is 13.7 Å². The zero-order valence-electron chi connectivity index (χ0n) is 19.8. The Bertz CT molecular complexity index is 1620. The predicted molar refractivity (Wildman–Crippen MR) is 138 cm³/mol. The summed E-state index contributed by atoms with van der Waals surface area (Å²) in [6.07, 6.45) is 5.16. The monoisotopic (exact) mass is 497 g/mol. The SMILES string of the molecule is CCOC(=O)C1=C(c2ccccc2)N=c2s/c(=C\c3ccncc3)c(=O)n2[C@H]1c1cccc(OC)c1. The number of ether oxygens (including phenoxy) is 2. The van der Waals surface area contributed by atoms with E-state index in [9.17, 15) is 9.59 Å². The van der Waals surface area contributed by atoms with E-state index in [-0.39, 0.29) is 12.2 Å².